The van der Waals surface area contributed by atoms with Crippen LogP contribution in [0.3, 0.4) is 0 Å². The van der Waals surface area contributed by atoms with Gasteiger partial charge in [0, 0.05) is 23.7 Å². The first-order valence-corrected chi connectivity index (χ1v) is 7.61. The molecule has 1 aromatic carbocycles. The number of rotatable bonds is 9. The Labute approximate surface area is 124 Å². The van der Waals surface area contributed by atoms with Crippen LogP contribution in [-0.2, 0) is 9.47 Å². The molecule has 0 aromatic heterocycles. The second-order valence-corrected chi connectivity index (χ2v) is 5.50. The number of nitrogens with one attached hydrogen (secondary N) is 1. The van der Waals surface area contributed by atoms with Crippen molar-refractivity contribution in [3.8, 4) is 0 Å². The van der Waals surface area contributed by atoms with Gasteiger partial charge in [0.25, 0.3) is 0 Å². The second kappa shape index (κ2) is 9.48. The molecule has 1 unspecified atom stereocenters. The third-order valence-corrected chi connectivity index (χ3v) is 3.44. The average Bonchev–Trinajstić information content (AvgIpc) is 2.39. The van der Waals surface area contributed by atoms with Gasteiger partial charge < -0.3 is 14.8 Å². The molecule has 0 heterocycles. The SMILES string of the molecule is CCOCCOC(CNC(C)C)c1ccccc1Br. The maximum Gasteiger partial charge on any atom is 0.0961 e. The predicted molar refractivity (Wildman–Crippen MR) is 82.5 cm³/mol. The predicted octanol–water partition coefficient (Wildman–Crippen LogP) is 3.54. The fraction of sp³-hybridized carbons (Fsp3) is 0.600. The molecule has 0 bridgehead atoms. The van der Waals surface area contributed by atoms with Crippen molar-refractivity contribution in [3.05, 3.63) is 34.3 Å². The van der Waals surface area contributed by atoms with Crippen molar-refractivity contribution in [3.63, 3.8) is 0 Å². The van der Waals surface area contributed by atoms with Crippen molar-refractivity contribution in [1.82, 2.24) is 5.32 Å². The summed E-state index contributed by atoms with van der Waals surface area (Å²) in [6.07, 6.45) is 0.0402. The zero-order chi connectivity index (χ0) is 14.1. The highest BCUT2D eigenvalue weighted by Gasteiger charge is 2.15. The Kier molecular flexibility index (Phi) is 8.30. The van der Waals surface area contributed by atoms with Crippen LogP contribution in [-0.4, -0.2) is 32.4 Å². The van der Waals surface area contributed by atoms with E-state index in [-0.39, 0.29) is 6.10 Å². The van der Waals surface area contributed by atoms with E-state index in [1.807, 2.05) is 25.1 Å². The Balaban J connectivity index is 2.60. The van der Waals surface area contributed by atoms with E-state index in [2.05, 4.69) is 41.2 Å². The highest BCUT2D eigenvalue weighted by Crippen LogP contribution is 2.25. The zero-order valence-corrected chi connectivity index (χ0v) is 13.6. The summed E-state index contributed by atoms with van der Waals surface area (Å²) in [5, 5.41) is 3.43. The highest BCUT2D eigenvalue weighted by atomic mass is 79.9. The van der Waals surface area contributed by atoms with Crippen molar-refractivity contribution in [2.75, 3.05) is 26.4 Å². The average molecular weight is 330 g/mol. The largest absolute Gasteiger partial charge is 0.379 e. The molecule has 4 heteroatoms. The molecule has 0 aliphatic heterocycles. The van der Waals surface area contributed by atoms with Crippen molar-refractivity contribution in [2.45, 2.75) is 32.9 Å². The molecule has 0 fully saturated rings. The Morgan fingerprint density at radius 3 is 2.58 bits per heavy atom. The van der Waals surface area contributed by atoms with Gasteiger partial charge in [0.1, 0.15) is 0 Å². The van der Waals surface area contributed by atoms with Gasteiger partial charge in [-0.2, -0.15) is 0 Å². The van der Waals surface area contributed by atoms with Crippen LogP contribution < -0.4 is 5.32 Å². The summed E-state index contributed by atoms with van der Waals surface area (Å²) in [5.74, 6) is 0. The molecule has 0 aliphatic rings. The molecule has 0 spiro atoms. The fourth-order valence-corrected chi connectivity index (χ4v) is 2.27. The fourth-order valence-electron chi connectivity index (χ4n) is 1.73. The van der Waals surface area contributed by atoms with Gasteiger partial charge in [0.2, 0.25) is 0 Å². The Morgan fingerprint density at radius 1 is 1.21 bits per heavy atom. The lowest BCUT2D eigenvalue weighted by atomic mass is 10.1. The molecule has 1 rings (SSSR count). The molecule has 0 aliphatic carbocycles. The normalized spacial score (nSPS) is 12.9. The van der Waals surface area contributed by atoms with E-state index in [0.29, 0.717) is 19.3 Å². The molecule has 0 radical (unpaired) electrons. The van der Waals surface area contributed by atoms with Crippen LogP contribution in [0.2, 0.25) is 0 Å². The van der Waals surface area contributed by atoms with Gasteiger partial charge in [-0.25, -0.2) is 0 Å². The first-order chi connectivity index (χ1) is 9.15. The first-order valence-electron chi connectivity index (χ1n) is 6.82. The van der Waals surface area contributed by atoms with Crippen LogP contribution in [0.1, 0.15) is 32.4 Å². The third kappa shape index (κ3) is 6.52. The summed E-state index contributed by atoms with van der Waals surface area (Å²) in [6.45, 7) is 9.04. The smallest absolute Gasteiger partial charge is 0.0961 e. The van der Waals surface area contributed by atoms with Crippen molar-refractivity contribution in [2.24, 2.45) is 0 Å². The Bertz CT molecular complexity index is 358. The summed E-state index contributed by atoms with van der Waals surface area (Å²) in [5.41, 5.74) is 1.17. The van der Waals surface area contributed by atoms with E-state index in [9.17, 15) is 0 Å². The highest BCUT2D eigenvalue weighted by molar-refractivity contribution is 9.10. The van der Waals surface area contributed by atoms with Gasteiger partial charge in [-0.15, -0.1) is 0 Å². The van der Waals surface area contributed by atoms with Crippen LogP contribution in [0.5, 0.6) is 0 Å². The van der Waals surface area contributed by atoms with Crippen LogP contribution in [0.25, 0.3) is 0 Å². The minimum atomic E-state index is 0.0402. The minimum absolute atomic E-state index is 0.0402. The minimum Gasteiger partial charge on any atom is -0.379 e. The van der Waals surface area contributed by atoms with Gasteiger partial charge in [-0.1, -0.05) is 48.0 Å². The second-order valence-electron chi connectivity index (χ2n) is 4.64. The van der Waals surface area contributed by atoms with Gasteiger partial charge in [-0.3, -0.25) is 0 Å². The Hall–Kier alpha value is -0.420. The molecule has 0 saturated carbocycles. The monoisotopic (exact) mass is 329 g/mol. The molecule has 1 atom stereocenters. The first kappa shape index (κ1) is 16.6. The molecular formula is C15H24BrNO2. The molecule has 19 heavy (non-hydrogen) atoms. The molecule has 0 saturated heterocycles. The summed E-state index contributed by atoms with van der Waals surface area (Å²) >= 11 is 3.59. The van der Waals surface area contributed by atoms with Crippen LogP contribution in [0, 0.1) is 0 Å². The summed E-state index contributed by atoms with van der Waals surface area (Å²) in [4.78, 5) is 0. The van der Waals surface area contributed by atoms with E-state index in [0.717, 1.165) is 17.6 Å². The van der Waals surface area contributed by atoms with E-state index < -0.39 is 0 Å². The topological polar surface area (TPSA) is 30.5 Å². The van der Waals surface area contributed by atoms with Crippen LogP contribution in [0.4, 0.5) is 0 Å². The number of benzene rings is 1. The van der Waals surface area contributed by atoms with E-state index >= 15 is 0 Å². The van der Waals surface area contributed by atoms with Crippen molar-refractivity contribution < 1.29 is 9.47 Å². The quantitative estimate of drug-likeness (QED) is 0.703. The van der Waals surface area contributed by atoms with Crippen LogP contribution in [0.15, 0.2) is 28.7 Å². The standard InChI is InChI=1S/C15H24BrNO2/c1-4-18-9-10-19-15(11-17-12(2)3)13-7-5-6-8-14(13)16/h5-8,12,15,17H,4,9-11H2,1-3H3. The number of halogens is 1. The van der Waals surface area contributed by atoms with Gasteiger partial charge in [0.15, 0.2) is 0 Å². The lowest BCUT2D eigenvalue weighted by molar-refractivity contribution is 0.00588. The third-order valence-electron chi connectivity index (χ3n) is 2.71. The van der Waals surface area contributed by atoms with Gasteiger partial charge in [0.05, 0.1) is 19.3 Å². The van der Waals surface area contributed by atoms with Crippen LogP contribution >= 0.6 is 15.9 Å². The van der Waals surface area contributed by atoms with E-state index in [1.165, 1.54) is 5.56 Å². The molecule has 0 amide bonds. The molecule has 108 valence electrons. The maximum atomic E-state index is 5.94. The lowest BCUT2D eigenvalue weighted by Gasteiger charge is -2.21. The van der Waals surface area contributed by atoms with Gasteiger partial charge in [-0.05, 0) is 18.6 Å². The molecule has 1 N–H and O–H groups in total. The maximum absolute atomic E-state index is 5.94. The summed E-state index contributed by atoms with van der Waals surface area (Å²) in [6, 6.07) is 8.64. The summed E-state index contributed by atoms with van der Waals surface area (Å²) in [7, 11) is 0. The van der Waals surface area contributed by atoms with Gasteiger partial charge >= 0.3 is 0 Å². The van der Waals surface area contributed by atoms with E-state index in [4.69, 9.17) is 9.47 Å². The lowest BCUT2D eigenvalue weighted by Crippen LogP contribution is -2.29. The molecular weight excluding hydrogens is 306 g/mol. The summed E-state index contributed by atoms with van der Waals surface area (Å²) < 4.78 is 12.3. The molecule has 1 aromatic rings. The Morgan fingerprint density at radius 2 is 1.95 bits per heavy atom. The van der Waals surface area contributed by atoms with Crippen molar-refractivity contribution in [1.29, 1.82) is 0 Å². The molecule has 3 nitrogen and oxygen atoms in total. The number of hydrogen-bond acceptors (Lipinski definition) is 3. The number of hydrogen-bond donors (Lipinski definition) is 1. The van der Waals surface area contributed by atoms with E-state index in [1.54, 1.807) is 0 Å². The zero-order valence-electron chi connectivity index (χ0n) is 12.0. The van der Waals surface area contributed by atoms with Crippen molar-refractivity contribution >= 4 is 15.9 Å². The number of ether oxygens (including phenoxy) is 2.